The lowest BCUT2D eigenvalue weighted by atomic mass is 10.1. The van der Waals surface area contributed by atoms with Crippen LogP contribution in [0.3, 0.4) is 0 Å². The second-order valence-corrected chi connectivity index (χ2v) is 7.79. The first kappa shape index (κ1) is 19.1. The number of hydrogen-bond donors (Lipinski definition) is 2. The SMILES string of the molecule is Cc1cccc(NC(=O)c2ccccc2NS(=O)(=O)c2ccc(C#N)cc2)c1. The van der Waals surface area contributed by atoms with Gasteiger partial charge in [0, 0.05) is 5.69 Å². The number of anilines is 2. The molecule has 0 spiro atoms. The normalized spacial score (nSPS) is 10.7. The predicted octanol–water partition coefficient (Wildman–Crippen LogP) is 3.92. The lowest BCUT2D eigenvalue weighted by molar-refractivity contribution is 0.102. The zero-order chi connectivity index (χ0) is 20.1. The van der Waals surface area contributed by atoms with Crippen LogP contribution >= 0.6 is 0 Å². The molecule has 0 unspecified atom stereocenters. The smallest absolute Gasteiger partial charge is 0.261 e. The van der Waals surface area contributed by atoms with Crippen LogP contribution in [0.4, 0.5) is 11.4 Å². The van der Waals surface area contributed by atoms with Gasteiger partial charge in [0.05, 0.1) is 27.8 Å². The average molecular weight is 391 g/mol. The van der Waals surface area contributed by atoms with Crippen LogP contribution in [0.1, 0.15) is 21.5 Å². The van der Waals surface area contributed by atoms with Crippen LogP contribution in [-0.2, 0) is 10.0 Å². The van der Waals surface area contributed by atoms with Gasteiger partial charge in [0.1, 0.15) is 0 Å². The van der Waals surface area contributed by atoms with E-state index in [1.807, 2.05) is 31.2 Å². The predicted molar refractivity (Wildman–Crippen MR) is 108 cm³/mol. The summed E-state index contributed by atoms with van der Waals surface area (Å²) < 4.78 is 27.8. The molecule has 3 rings (SSSR count). The molecule has 0 aromatic heterocycles. The van der Waals surface area contributed by atoms with Gasteiger partial charge in [-0.25, -0.2) is 8.42 Å². The summed E-state index contributed by atoms with van der Waals surface area (Å²) in [6.07, 6.45) is 0. The lowest BCUT2D eigenvalue weighted by Crippen LogP contribution is -2.18. The van der Waals surface area contributed by atoms with Crippen molar-refractivity contribution in [3.63, 3.8) is 0 Å². The molecule has 7 heteroatoms. The zero-order valence-corrected chi connectivity index (χ0v) is 15.8. The molecule has 28 heavy (non-hydrogen) atoms. The molecule has 0 bridgehead atoms. The Bertz CT molecular complexity index is 1160. The van der Waals surface area contributed by atoms with E-state index in [0.29, 0.717) is 11.3 Å². The Kier molecular flexibility index (Phi) is 5.43. The molecule has 1 amide bonds. The number of nitrogens with one attached hydrogen (secondary N) is 2. The highest BCUT2D eigenvalue weighted by atomic mass is 32.2. The van der Waals surface area contributed by atoms with E-state index in [-0.39, 0.29) is 16.1 Å². The molecule has 3 aromatic rings. The molecular formula is C21H17N3O3S. The molecular weight excluding hydrogens is 374 g/mol. The fourth-order valence-electron chi connectivity index (χ4n) is 2.60. The standard InChI is InChI=1S/C21H17N3O3S/c1-15-5-4-6-17(13-15)23-21(25)19-7-2-3-8-20(19)24-28(26,27)18-11-9-16(14-22)10-12-18/h2-13,24H,1H3,(H,23,25). The molecule has 0 aliphatic rings. The molecule has 0 saturated carbocycles. The number of benzene rings is 3. The maximum atomic E-state index is 12.7. The summed E-state index contributed by atoms with van der Waals surface area (Å²) in [6.45, 7) is 1.91. The van der Waals surface area contributed by atoms with Crippen molar-refractivity contribution in [3.8, 4) is 6.07 Å². The molecule has 2 N–H and O–H groups in total. The van der Waals surface area contributed by atoms with Crippen LogP contribution in [0.2, 0.25) is 0 Å². The fourth-order valence-corrected chi connectivity index (χ4v) is 3.68. The first-order valence-electron chi connectivity index (χ1n) is 8.39. The Morgan fingerprint density at radius 2 is 1.68 bits per heavy atom. The van der Waals surface area contributed by atoms with Gasteiger partial charge in [0.15, 0.2) is 0 Å². The van der Waals surface area contributed by atoms with Crippen molar-refractivity contribution >= 4 is 27.3 Å². The number of nitriles is 1. The Morgan fingerprint density at radius 1 is 0.964 bits per heavy atom. The number of aryl methyl sites for hydroxylation is 1. The van der Waals surface area contributed by atoms with Crippen LogP contribution in [0, 0.1) is 18.3 Å². The first-order valence-corrected chi connectivity index (χ1v) is 9.87. The van der Waals surface area contributed by atoms with E-state index in [4.69, 9.17) is 5.26 Å². The Balaban J connectivity index is 1.87. The van der Waals surface area contributed by atoms with Gasteiger partial charge < -0.3 is 5.32 Å². The Labute approximate surface area is 163 Å². The van der Waals surface area contributed by atoms with Gasteiger partial charge in [-0.2, -0.15) is 5.26 Å². The topological polar surface area (TPSA) is 99.1 Å². The molecule has 0 saturated heterocycles. The van der Waals surface area contributed by atoms with Gasteiger partial charge in [0.25, 0.3) is 15.9 Å². The monoisotopic (exact) mass is 391 g/mol. The minimum atomic E-state index is -3.91. The van der Waals surface area contributed by atoms with Gasteiger partial charge >= 0.3 is 0 Å². The lowest BCUT2D eigenvalue weighted by Gasteiger charge is -2.13. The molecule has 0 heterocycles. The molecule has 0 aliphatic carbocycles. The van der Waals surface area contributed by atoms with Crippen LogP contribution in [0.5, 0.6) is 0 Å². The van der Waals surface area contributed by atoms with Crippen LogP contribution < -0.4 is 10.0 Å². The third kappa shape index (κ3) is 4.37. The number of rotatable bonds is 5. The largest absolute Gasteiger partial charge is 0.322 e. The number of carbonyl (C=O) groups excluding carboxylic acids is 1. The first-order chi connectivity index (χ1) is 13.4. The zero-order valence-electron chi connectivity index (χ0n) is 15.0. The number of carbonyl (C=O) groups is 1. The Hall–Kier alpha value is -3.63. The van der Waals surface area contributed by atoms with Gasteiger partial charge in [0.2, 0.25) is 0 Å². The van der Waals surface area contributed by atoms with Crippen molar-refractivity contribution < 1.29 is 13.2 Å². The second-order valence-electron chi connectivity index (χ2n) is 6.11. The van der Waals surface area contributed by atoms with Gasteiger partial charge in [-0.1, -0.05) is 24.3 Å². The Morgan fingerprint density at radius 3 is 2.36 bits per heavy atom. The van der Waals surface area contributed by atoms with Crippen molar-refractivity contribution in [3.05, 3.63) is 89.5 Å². The summed E-state index contributed by atoms with van der Waals surface area (Å²) in [6, 6.07) is 21.1. The van der Waals surface area contributed by atoms with E-state index >= 15 is 0 Å². The highest BCUT2D eigenvalue weighted by Gasteiger charge is 2.18. The summed E-state index contributed by atoms with van der Waals surface area (Å²) in [5.74, 6) is -0.427. The number of nitrogens with zero attached hydrogens (tertiary/aromatic N) is 1. The summed E-state index contributed by atoms with van der Waals surface area (Å²) >= 11 is 0. The summed E-state index contributed by atoms with van der Waals surface area (Å²) in [5.41, 5.74) is 2.33. The molecule has 0 aliphatic heterocycles. The molecule has 0 fully saturated rings. The van der Waals surface area contributed by atoms with E-state index in [2.05, 4.69) is 10.0 Å². The van der Waals surface area contributed by atoms with Gasteiger partial charge in [-0.3, -0.25) is 9.52 Å². The number of amides is 1. The maximum absolute atomic E-state index is 12.7. The van der Waals surface area contributed by atoms with E-state index in [1.54, 1.807) is 24.3 Å². The van der Waals surface area contributed by atoms with Gasteiger partial charge in [-0.15, -0.1) is 0 Å². The summed E-state index contributed by atoms with van der Waals surface area (Å²) in [5, 5.41) is 11.6. The molecule has 0 atom stereocenters. The highest BCUT2D eigenvalue weighted by molar-refractivity contribution is 7.92. The van der Waals surface area contributed by atoms with Crippen LogP contribution in [-0.4, -0.2) is 14.3 Å². The molecule has 140 valence electrons. The number of sulfonamides is 1. The molecule has 3 aromatic carbocycles. The fraction of sp³-hybridized carbons (Fsp3) is 0.0476. The minimum Gasteiger partial charge on any atom is -0.322 e. The third-order valence-electron chi connectivity index (χ3n) is 3.99. The minimum absolute atomic E-state index is 0.000366. The van der Waals surface area contributed by atoms with Crippen molar-refractivity contribution in [2.24, 2.45) is 0 Å². The quantitative estimate of drug-likeness (QED) is 0.688. The highest BCUT2D eigenvalue weighted by Crippen LogP contribution is 2.22. The van der Waals surface area contributed by atoms with E-state index in [9.17, 15) is 13.2 Å². The number of para-hydroxylation sites is 1. The van der Waals surface area contributed by atoms with Crippen molar-refractivity contribution in [1.29, 1.82) is 5.26 Å². The van der Waals surface area contributed by atoms with E-state index in [0.717, 1.165) is 5.56 Å². The van der Waals surface area contributed by atoms with Crippen molar-refractivity contribution in [1.82, 2.24) is 0 Å². The third-order valence-corrected chi connectivity index (χ3v) is 5.37. The van der Waals surface area contributed by atoms with E-state index in [1.165, 1.54) is 30.3 Å². The number of hydrogen-bond acceptors (Lipinski definition) is 4. The maximum Gasteiger partial charge on any atom is 0.261 e. The van der Waals surface area contributed by atoms with Crippen molar-refractivity contribution in [2.45, 2.75) is 11.8 Å². The average Bonchev–Trinajstić information content (AvgIpc) is 2.68. The van der Waals surface area contributed by atoms with E-state index < -0.39 is 15.9 Å². The van der Waals surface area contributed by atoms with Gasteiger partial charge in [-0.05, 0) is 61.0 Å². The van der Waals surface area contributed by atoms with Crippen LogP contribution in [0.15, 0.2) is 77.7 Å². The second kappa shape index (κ2) is 7.94. The van der Waals surface area contributed by atoms with Crippen molar-refractivity contribution in [2.75, 3.05) is 10.0 Å². The van der Waals surface area contributed by atoms with Crippen LogP contribution in [0.25, 0.3) is 0 Å². The summed E-state index contributed by atoms with van der Waals surface area (Å²) in [4.78, 5) is 12.7. The molecule has 0 radical (unpaired) electrons. The molecule has 6 nitrogen and oxygen atoms in total. The summed E-state index contributed by atoms with van der Waals surface area (Å²) in [7, 11) is -3.91.